The fourth-order valence-corrected chi connectivity index (χ4v) is 4.52. The summed E-state index contributed by atoms with van der Waals surface area (Å²) in [6.45, 7) is 0. The van der Waals surface area contributed by atoms with E-state index in [0.717, 1.165) is 29.2 Å². The molecule has 0 saturated carbocycles. The van der Waals surface area contributed by atoms with Gasteiger partial charge in [-0.15, -0.1) is 0 Å². The van der Waals surface area contributed by atoms with Crippen LogP contribution in [0.25, 0.3) is 0 Å². The Morgan fingerprint density at radius 3 is 1.09 bits per heavy atom. The molecule has 4 N–H and O–H groups in total. The lowest BCUT2D eigenvalue weighted by atomic mass is 10.1. The van der Waals surface area contributed by atoms with Gasteiger partial charge in [0.25, 0.3) is 0 Å². The molecule has 11 nitrogen and oxygen atoms in total. The van der Waals surface area contributed by atoms with Gasteiger partial charge < -0.3 is 34.8 Å². The summed E-state index contributed by atoms with van der Waals surface area (Å²) >= 11 is 0. The molecule has 0 radical (unpaired) electrons. The third kappa shape index (κ3) is 6.73. The van der Waals surface area contributed by atoms with Crippen LogP contribution in [0, 0.1) is 0 Å². The molecule has 0 bridgehead atoms. The van der Waals surface area contributed by atoms with E-state index in [9.17, 15) is 39.6 Å². The maximum absolute atomic E-state index is 11.5. The van der Waals surface area contributed by atoms with E-state index in [0.29, 0.717) is 11.5 Å². The maximum Gasteiger partial charge on any atom is 0.336 e. The monoisotopic (exact) mass is 605 g/mol. The first-order chi connectivity index (χ1) is 21.6. The van der Waals surface area contributed by atoms with Crippen LogP contribution in [0.15, 0.2) is 115 Å². The minimum atomic E-state index is -1.38. The molecule has 0 aliphatic rings. The molecule has 45 heavy (non-hydrogen) atoms. The highest BCUT2D eigenvalue weighted by Crippen LogP contribution is 2.37. The normalized spacial score (nSPS) is 10.5. The first kappa shape index (κ1) is 29.9. The number of ether oxygens (including phenoxy) is 2. The number of rotatable bonds is 11. The van der Waals surface area contributed by atoms with Crippen molar-refractivity contribution in [2.75, 3.05) is 4.90 Å². The van der Waals surface area contributed by atoms with Gasteiger partial charge in [0, 0.05) is 17.1 Å². The second-order valence-electron chi connectivity index (χ2n) is 9.50. The highest BCUT2D eigenvalue weighted by molar-refractivity contribution is 6.02. The zero-order valence-corrected chi connectivity index (χ0v) is 23.2. The number of carboxylic acids is 4. The molecule has 0 fully saturated rings. The largest absolute Gasteiger partial charge is 0.478 e. The second kappa shape index (κ2) is 12.7. The number of anilines is 3. The van der Waals surface area contributed by atoms with E-state index in [2.05, 4.69) is 0 Å². The summed E-state index contributed by atoms with van der Waals surface area (Å²) in [7, 11) is 0. The smallest absolute Gasteiger partial charge is 0.336 e. The Bertz CT molecular complexity index is 1780. The molecular weight excluding hydrogens is 582 g/mol. The van der Waals surface area contributed by atoms with Crippen molar-refractivity contribution >= 4 is 40.9 Å². The van der Waals surface area contributed by atoms with Gasteiger partial charge in [-0.1, -0.05) is 18.2 Å². The molecule has 5 rings (SSSR count). The number of benzene rings is 5. The molecule has 0 saturated heterocycles. The molecule has 0 spiro atoms. The lowest BCUT2D eigenvalue weighted by Gasteiger charge is -2.25. The van der Waals surface area contributed by atoms with Crippen LogP contribution in [0.3, 0.4) is 0 Å². The number of para-hydroxylation sites is 1. The minimum Gasteiger partial charge on any atom is -0.478 e. The average molecular weight is 606 g/mol. The van der Waals surface area contributed by atoms with Crippen LogP contribution in [-0.2, 0) is 0 Å². The van der Waals surface area contributed by atoms with Gasteiger partial charge >= 0.3 is 23.9 Å². The molecule has 0 aromatic heterocycles. The van der Waals surface area contributed by atoms with Crippen molar-refractivity contribution in [2.45, 2.75) is 0 Å². The summed E-state index contributed by atoms with van der Waals surface area (Å²) in [5, 5.41) is 37.3. The molecule has 0 heterocycles. The number of hydrogen-bond donors (Lipinski definition) is 4. The van der Waals surface area contributed by atoms with Gasteiger partial charge in [0.15, 0.2) is 0 Å². The molecule has 0 aliphatic heterocycles. The fraction of sp³-hybridized carbons (Fsp3) is 0. The zero-order valence-electron chi connectivity index (χ0n) is 23.2. The molecule has 0 amide bonds. The summed E-state index contributed by atoms with van der Waals surface area (Å²) in [4.78, 5) is 47.7. The van der Waals surface area contributed by atoms with Crippen molar-refractivity contribution in [3.8, 4) is 23.0 Å². The molecule has 11 heteroatoms. The number of nitrogens with zero attached hydrogens (tertiary/aromatic N) is 1. The van der Waals surface area contributed by atoms with Crippen LogP contribution >= 0.6 is 0 Å². The topological polar surface area (TPSA) is 171 Å². The van der Waals surface area contributed by atoms with Gasteiger partial charge in [0.1, 0.15) is 23.0 Å². The van der Waals surface area contributed by atoms with Gasteiger partial charge in [-0.3, -0.25) is 0 Å². The number of hydrogen-bond acceptors (Lipinski definition) is 7. The Morgan fingerprint density at radius 2 is 0.733 bits per heavy atom. The Labute approximate surface area is 255 Å². The number of carboxylic acid groups (broad SMARTS) is 4. The molecule has 5 aromatic carbocycles. The van der Waals surface area contributed by atoms with E-state index in [1.165, 1.54) is 24.3 Å². The van der Waals surface area contributed by atoms with E-state index < -0.39 is 23.9 Å². The fourth-order valence-electron chi connectivity index (χ4n) is 4.52. The van der Waals surface area contributed by atoms with Crippen molar-refractivity contribution in [2.24, 2.45) is 0 Å². The SMILES string of the molecule is O=C(O)c1ccc(Oc2ccc(N(c3ccccc3)c3ccc(Oc4ccc(C(=O)O)c(C(=O)O)c4)cc3)cc2)cc1C(=O)O. The third-order valence-electron chi connectivity index (χ3n) is 6.58. The summed E-state index contributed by atoms with van der Waals surface area (Å²) in [6.07, 6.45) is 0. The van der Waals surface area contributed by atoms with Crippen LogP contribution in [-0.4, -0.2) is 44.3 Å². The van der Waals surface area contributed by atoms with E-state index in [-0.39, 0.29) is 33.8 Å². The maximum atomic E-state index is 11.5. The zero-order chi connectivity index (χ0) is 32.1. The lowest BCUT2D eigenvalue weighted by molar-refractivity contribution is 0.0651. The van der Waals surface area contributed by atoms with E-state index in [1.54, 1.807) is 48.5 Å². The minimum absolute atomic E-state index is 0.161. The number of aromatic carboxylic acids is 4. The predicted molar refractivity (Wildman–Crippen MR) is 162 cm³/mol. The first-order valence-electron chi connectivity index (χ1n) is 13.2. The van der Waals surface area contributed by atoms with E-state index in [1.807, 2.05) is 35.2 Å². The van der Waals surface area contributed by atoms with Gasteiger partial charge in [0.05, 0.1) is 22.3 Å². The first-order valence-corrected chi connectivity index (χ1v) is 13.2. The van der Waals surface area contributed by atoms with Crippen molar-refractivity contribution in [3.63, 3.8) is 0 Å². The van der Waals surface area contributed by atoms with Crippen LogP contribution in [0.2, 0.25) is 0 Å². The highest BCUT2D eigenvalue weighted by Gasteiger charge is 2.19. The Kier molecular flexibility index (Phi) is 8.44. The van der Waals surface area contributed by atoms with Crippen LogP contribution in [0.4, 0.5) is 17.1 Å². The molecular formula is C34H23NO10. The summed E-state index contributed by atoms with van der Waals surface area (Å²) < 4.78 is 11.6. The second-order valence-corrected chi connectivity index (χ2v) is 9.50. The van der Waals surface area contributed by atoms with Crippen LogP contribution in [0.5, 0.6) is 23.0 Å². The molecule has 0 aliphatic carbocycles. The Morgan fingerprint density at radius 1 is 0.400 bits per heavy atom. The predicted octanol–water partition coefficient (Wildman–Crippen LogP) is 7.53. The summed E-state index contributed by atoms with van der Waals surface area (Å²) in [5.74, 6) is -4.37. The van der Waals surface area contributed by atoms with Gasteiger partial charge in [0.2, 0.25) is 0 Å². The molecule has 224 valence electrons. The van der Waals surface area contributed by atoms with Crippen LogP contribution < -0.4 is 14.4 Å². The van der Waals surface area contributed by atoms with Crippen molar-refractivity contribution in [1.29, 1.82) is 0 Å². The summed E-state index contributed by atoms with van der Waals surface area (Å²) in [5.41, 5.74) is 0.876. The van der Waals surface area contributed by atoms with E-state index in [4.69, 9.17) is 9.47 Å². The average Bonchev–Trinajstić information content (AvgIpc) is 3.03. The lowest BCUT2D eigenvalue weighted by Crippen LogP contribution is -2.09. The van der Waals surface area contributed by atoms with E-state index >= 15 is 0 Å². The van der Waals surface area contributed by atoms with Crippen molar-refractivity contribution in [1.82, 2.24) is 0 Å². The summed E-state index contributed by atoms with van der Waals surface area (Å²) in [6, 6.07) is 30.9. The van der Waals surface area contributed by atoms with Gasteiger partial charge in [-0.05, 0) is 97.1 Å². The van der Waals surface area contributed by atoms with Gasteiger partial charge in [-0.2, -0.15) is 0 Å². The standard InChI is InChI=1S/C34H23NO10/c36-31(37)27-16-14-25(18-29(27)33(40)41)44-23-10-6-21(7-11-23)35(20-4-2-1-3-5-20)22-8-12-24(13-9-22)45-26-15-17-28(32(38)39)30(19-26)34(42)43/h1-19H,(H,36,37)(H,38,39)(H,40,41)(H,42,43). The Hall–Kier alpha value is -6.62. The quantitative estimate of drug-likeness (QED) is 0.117. The number of carbonyl (C=O) groups is 4. The van der Waals surface area contributed by atoms with Crippen LogP contribution in [0.1, 0.15) is 41.4 Å². The highest BCUT2D eigenvalue weighted by atomic mass is 16.5. The molecule has 0 atom stereocenters. The molecule has 0 unspecified atom stereocenters. The van der Waals surface area contributed by atoms with Crippen molar-refractivity contribution < 1.29 is 49.1 Å². The van der Waals surface area contributed by atoms with Crippen molar-refractivity contribution in [3.05, 3.63) is 138 Å². The molecule has 5 aromatic rings. The Balaban J connectivity index is 1.40. The van der Waals surface area contributed by atoms with Gasteiger partial charge in [-0.25, -0.2) is 19.2 Å². The third-order valence-corrected chi connectivity index (χ3v) is 6.58.